The molecule has 1 saturated heterocycles. The maximum atomic E-state index is 13.1. The number of carbonyl (C=O) groups is 2. The quantitative estimate of drug-likeness (QED) is 0.437. The van der Waals surface area contributed by atoms with Gasteiger partial charge in [0.2, 0.25) is 16.8 Å². The number of sulfonamides is 1. The number of aromatic nitrogens is 1. The van der Waals surface area contributed by atoms with Crippen LogP contribution in [0.4, 0.5) is 0 Å². The standard InChI is InChI=1S/C25H27N3O7S2/c1-3-33-23(29)14-28-19-11-20-21(35-15-34-20)12-22(19)36-25(28)26-24(30)17-6-8-18(9-7-17)37(31,32)27-10-4-5-16(2)13-27/h6-9,11-12,16H,3-5,10,13-15H2,1-2H3. The Morgan fingerprint density at radius 3 is 2.59 bits per heavy atom. The summed E-state index contributed by atoms with van der Waals surface area (Å²) in [5, 5.41) is 0. The average Bonchev–Trinajstić information content (AvgIpc) is 3.46. The van der Waals surface area contributed by atoms with Crippen molar-refractivity contribution in [1.29, 1.82) is 0 Å². The van der Waals surface area contributed by atoms with Crippen LogP contribution in [0.2, 0.25) is 0 Å². The fourth-order valence-electron chi connectivity index (χ4n) is 4.47. The molecule has 10 nitrogen and oxygen atoms in total. The molecule has 37 heavy (non-hydrogen) atoms. The van der Waals surface area contributed by atoms with Gasteiger partial charge < -0.3 is 18.8 Å². The van der Waals surface area contributed by atoms with E-state index in [-0.39, 0.29) is 30.4 Å². The largest absolute Gasteiger partial charge is 0.465 e. The molecule has 0 aliphatic carbocycles. The van der Waals surface area contributed by atoms with Crippen molar-refractivity contribution in [2.45, 2.75) is 38.1 Å². The number of esters is 1. The molecule has 0 saturated carbocycles. The number of hydrogen-bond acceptors (Lipinski definition) is 8. The van der Waals surface area contributed by atoms with Crippen LogP contribution in [0.5, 0.6) is 11.5 Å². The van der Waals surface area contributed by atoms with Crippen LogP contribution in [0.1, 0.15) is 37.0 Å². The van der Waals surface area contributed by atoms with Crippen molar-refractivity contribution in [3.63, 3.8) is 0 Å². The van der Waals surface area contributed by atoms with E-state index in [0.717, 1.165) is 17.5 Å². The SMILES string of the molecule is CCOC(=O)Cn1c(=NC(=O)c2ccc(S(=O)(=O)N3CCCC(C)C3)cc2)sc2cc3c(cc21)OCO3. The lowest BCUT2D eigenvalue weighted by molar-refractivity contribution is -0.143. The molecule has 1 atom stereocenters. The van der Waals surface area contributed by atoms with Crippen LogP contribution in [0.15, 0.2) is 46.3 Å². The van der Waals surface area contributed by atoms with Gasteiger partial charge in [0.05, 0.1) is 21.7 Å². The van der Waals surface area contributed by atoms with Crippen LogP contribution in [0.3, 0.4) is 0 Å². The van der Waals surface area contributed by atoms with E-state index in [1.165, 1.54) is 39.9 Å². The zero-order chi connectivity index (χ0) is 26.2. The summed E-state index contributed by atoms with van der Waals surface area (Å²) < 4.78 is 46.0. The molecule has 2 aliphatic heterocycles. The van der Waals surface area contributed by atoms with E-state index >= 15 is 0 Å². The van der Waals surface area contributed by atoms with Crippen LogP contribution < -0.4 is 14.3 Å². The Labute approximate surface area is 218 Å². The highest BCUT2D eigenvalue weighted by Crippen LogP contribution is 2.37. The van der Waals surface area contributed by atoms with Gasteiger partial charge in [0.15, 0.2) is 16.3 Å². The van der Waals surface area contributed by atoms with Crippen LogP contribution >= 0.6 is 11.3 Å². The van der Waals surface area contributed by atoms with Crippen LogP contribution in [-0.2, 0) is 26.1 Å². The maximum Gasteiger partial charge on any atom is 0.326 e. The van der Waals surface area contributed by atoms with E-state index in [4.69, 9.17) is 14.2 Å². The molecular formula is C25H27N3O7S2. The van der Waals surface area contributed by atoms with Crippen molar-refractivity contribution in [1.82, 2.24) is 8.87 Å². The van der Waals surface area contributed by atoms with E-state index in [2.05, 4.69) is 4.99 Å². The van der Waals surface area contributed by atoms with Crippen molar-refractivity contribution in [2.75, 3.05) is 26.5 Å². The van der Waals surface area contributed by atoms with Gasteiger partial charge in [-0.3, -0.25) is 9.59 Å². The number of fused-ring (bicyclic) bond motifs is 2. The summed E-state index contributed by atoms with van der Waals surface area (Å²) in [5.74, 6) is 0.413. The van der Waals surface area contributed by atoms with Crippen LogP contribution in [0.25, 0.3) is 10.2 Å². The Balaban J connectivity index is 1.47. The van der Waals surface area contributed by atoms with Gasteiger partial charge in [-0.15, -0.1) is 0 Å². The van der Waals surface area contributed by atoms with Gasteiger partial charge >= 0.3 is 5.97 Å². The minimum absolute atomic E-state index is 0.114. The van der Waals surface area contributed by atoms with E-state index in [0.29, 0.717) is 40.8 Å². The highest BCUT2D eigenvalue weighted by Gasteiger charge is 2.28. The smallest absolute Gasteiger partial charge is 0.326 e. The summed E-state index contributed by atoms with van der Waals surface area (Å²) in [7, 11) is -3.63. The van der Waals surface area contributed by atoms with Gasteiger partial charge in [0.25, 0.3) is 5.91 Å². The summed E-state index contributed by atoms with van der Waals surface area (Å²) in [4.78, 5) is 30.1. The second-order valence-electron chi connectivity index (χ2n) is 9.00. The lowest BCUT2D eigenvalue weighted by Gasteiger charge is -2.30. The van der Waals surface area contributed by atoms with Gasteiger partial charge in [-0.1, -0.05) is 18.3 Å². The first kappa shape index (κ1) is 25.4. The monoisotopic (exact) mass is 545 g/mol. The lowest BCUT2D eigenvalue weighted by Crippen LogP contribution is -2.39. The molecule has 1 aromatic heterocycles. The minimum Gasteiger partial charge on any atom is -0.465 e. The summed E-state index contributed by atoms with van der Waals surface area (Å²) in [6.07, 6.45) is 1.84. The molecule has 0 bridgehead atoms. The molecule has 1 fully saturated rings. The summed E-state index contributed by atoms with van der Waals surface area (Å²) in [6.45, 7) is 4.95. The van der Waals surface area contributed by atoms with Crippen molar-refractivity contribution in [3.05, 3.63) is 46.8 Å². The van der Waals surface area contributed by atoms with E-state index in [9.17, 15) is 18.0 Å². The highest BCUT2D eigenvalue weighted by molar-refractivity contribution is 7.89. The van der Waals surface area contributed by atoms with Gasteiger partial charge in [0, 0.05) is 30.8 Å². The molecule has 2 aromatic carbocycles. The van der Waals surface area contributed by atoms with Gasteiger partial charge in [-0.25, -0.2) is 8.42 Å². The molecule has 0 spiro atoms. The minimum atomic E-state index is -3.63. The third-order valence-corrected chi connectivity index (χ3v) is 9.25. The van der Waals surface area contributed by atoms with Crippen molar-refractivity contribution < 1.29 is 32.2 Å². The Morgan fingerprint density at radius 2 is 1.89 bits per heavy atom. The summed E-state index contributed by atoms with van der Waals surface area (Å²) >= 11 is 1.23. The molecule has 12 heteroatoms. The van der Waals surface area contributed by atoms with Crippen molar-refractivity contribution in [2.24, 2.45) is 10.9 Å². The zero-order valence-corrected chi connectivity index (χ0v) is 22.1. The first-order chi connectivity index (χ1) is 17.8. The van der Waals surface area contributed by atoms with Crippen LogP contribution in [0, 0.1) is 5.92 Å². The number of hydrogen-bond donors (Lipinski definition) is 0. The number of piperidine rings is 1. The van der Waals surface area contributed by atoms with Gasteiger partial charge in [0.1, 0.15) is 6.54 Å². The zero-order valence-electron chi connectivity index (χ0n) is 20.5. The molecule has 3 aromatic rings. The normalized spacial score (nSPS) is 18.3. The molecule has 2 aliphatic rings. The first-order valence-electron chi connectivity index (χ1n) is 12.0. The second kappa shape index (κ2) is 10.3. The molecular weight excluding hydrogens is 518 g/mol. The van der Waals surface area contributed by atoms with Crippen molar-refractivity contribution >= 4 is 43.5 Å². The molecule has 0 N–H and O–H groups in total. The number of amides is 1. The third-order valence-electron chi connectivity index (χ3n) is 6.33. The number of thiazole rings is 1. The molecule has 3 heterocycles. The summed E-state index contributed by atoms with van der Waals surface area (Å²) in [5.41, 5.74) is 0.895. The average molecular weight is 546 g/mol. The Kier molecular flexibility index (Phi) is 7.06. The van der Waals surface area contributed by atoms with E-state index in [1.54, 1.807) is 23.6 Å². The molecule has 1 unspecified atom stereocenters. The van der Waals surface area contributed by atoms with Gasteiger partial charge in [-0.2, -0.15) is 9.30 Å². The number of benzene rings is 2. The maximum absolute atomic E-state index is 13.1. The summed E-state index contributed by atoms with van der Waals surface area (Å²) in [6, 6.07) is 9.34. The molecule has 0 radical (unpaired) electrons. The Morgan fingerprint density at radius 1 is 1.16 bits per heavy atom. The predicted octanol–water partition coefficient (Wildman–Crippen LogP) is 3.16. The fraction of sp³-hybridized carbons (Fsp3) is 0.400. The van der Waals surface area contributed by atoms with E-state index in [1.807, 2.05) is 6.92 Å². The number of ether oxygens (including phenoxy) is 3. The third kappa shape index (κ3) is 5.13. The van der Waals surface area contributed by atoms with Gasteiger partial charge in [-0.05, 0) is 49.9 Å². The predicted molar refractivity (Wildman–Crippen MR) is 136 cm³/mol. The Bertz CT molecular complexity index is 1520. The molecule has 1 amide bonds. The molecule has 5 rings (SSSR count). The highest BCUT2D eigenvalue weighted by atomic mass is 32.2. The van der Waals surface area contributed by atoms with Crippen molar-refractivity contribution in [3.8, 4) is 11.5 Å². The number of nitrogens with zero attached hydrogens (tertiary/aromatic N) is 3. The lowest BCUT2D eigenvalue weighted by atomic mass is 10.0. The number of carbonyl (C=O) groups excluding carboxylic acids is 2. The first-order valence-corrected chi connectivity index (χ1v) is 14.3. The number of rotatable bonds is 6. The molecule has 196 valence electrons. The Hall–Kier alpha value is -3.22. The second-order valence-corrected chi connectivity index (χ2v) is 11.9. The van der Waals surface area contributed by atoms with Crippen LogP contribution in [-0.4, -0.2) is 55.7 Å². The van der Waals surface area contributed by atoms with E-state index < -0.39 is 21.9 Å². The fourth-order valence-corrected chi connectivity index (χ4v) is 7.10. The topological polar surface area (TPSA) is 117 Å².